The summed E-state index contributed by atoms with van der Waals surface area (Å²) in [6, 6.07) is 0.357. The maximum Gasteiger partial charge on any atom is 0.292 e. The number of carbonyl (C=O) groups is 1. The van der Waals surface area contributed by atoms with Gasteiger partial charge in [-0.15, -0.1) is 0 Å². The maximum atomic E-state index is 12.0. The van der Waals surface area contributed by atoms with E-state index in [0.29, 0.717) is 5.89 Å². The first-order valence-electron chi connectivity index (χ1n) is 8.48. The monoisotopic (exact) mass is 330 g/mol. The molecular formula is C16H22N6O2. The highest BCUT2D eigenvalue weighted by molar-refractivity contribution is 5.90. The Balaban J connectivity index is 1.47. The molecule has 24 heavy (non-hydrogen) atoms. The second-order valence-electron chi connectivity index (χ2n) is 6.75. The van der Waals surface area contributed by atoms with Crippen LogP contribution in [-0.2, 0) is 13.6 Å². The van der Waals surface area contributed by atoms with Crippen molar-refractivity contribution >= 4 is 5.91 Å². The van der Waals surface area contributed by atoms with Crippen molar-refractivity contribution in [2.75, 3.05) is 6.54 Å². The fourth-order valence-corrected chi connectivity index (χ4v) is 3.26. The maximum absolute atomic E-state index is 12.0. The molecular weight excluding hydrogens is 308 g/mol. The number of aryl methyl sites for hydroxylation is 2. The Kier molecular flexibility index (Phi) is 3.84. The molecule has 4 rings (SSSR count). The van der Waals surface area contributed by atoms with E-state index >= 15 is 0 Å². The van der Waals surface area contributed by atoms with Gasteiger partial charge in [0.15, 0.2) is 0 Å². The summed E-state index contributed by atoms with van der Waals surface area (Å²) >= 11 is 0. The number of likely N-dealkylation sites (tertiary alicyclic amines) is 1. The molecule has 3 heterocycles. The smallest absolute Gasteiger partial charge is 0.292 e. The van der Waals surface area contributed by atoms with E-state index in [2.05, 4.69) is 25.5 Å². The van der Waals surface area contributed by atoms with E-state index in [1.807, 2.05) is 24.9 Å². The molecule has 8 nitrogen and oxygen atoms in total. The molecule has 0 unspecified atom stereocenters. The number of nitrogens with one attached hydrogen (secondary N) is 1. The number of aromatic nitrogens is 4. The predicted octanol–water partition coefficient (Wildman–Crippen LogP) is 1.34. The zero-order valence-corrected chi connectivity index (χ0v) is 14.0. The van der Waals surface area contributed by atoms with E-state index < -0.39 is 0 Å². The summed E-state index contributed by atoms with van der Waals surface area (Å²) in [5.74, 6) is 0.441. The van der Waals surface area contributed by atoms with Gasteiger partial charge in [-0.3, -0.25) is 14.4 Å². The van der Waals surface area contributed by atoms with Crippen molar-refractivity contribution in [1.82, 2.24) is 30.1 Å². The van der Waals surface area contributed by atoms with Crippen LogP contribution < -0.4 is 5.32 Å². The molecule has 0 bridgehead atoms. The van der Waals surface area contributed by atoms with Crippen molar-refractivity contribution in [1.29, 1.82) is 0 Å². The van der Waals surface area contributed by atoms with Crippen LogP contribution in [0.4, 0.5) is 0 Å². The van der Waals surface area contributed by atoms with Gasteiger partial charge in [-0.25, -0.2) is 0 Å². The molecule has 0 spiro atoms. The molecule has 8 heteroatoms. The van der Waals surface area contributed by atoms with Gasteiger partial charge in [-0.05, 0) is 39.2 Å². The fourth-order valence-electron chi connectivity index (χ4n) is 3.26. The lowest BCUT2D eigenvalue weighted by Crippen LogP contribution is -2.27. The SMILES string of the molecule is Cc1nn(C)cc1CN1CCC[C@H]1c1nc(C(=O)NC2CC2)no1. The quantitative estimate of drug-likeness (QED) is 0.890. The average Bonchev–Trinajstić information content (AvgIpc) is 2.96. The highest BCUT2D eigenvalue weighted by atomic mass is 16.5. The van der Waals surface area contributed by atoms with Crippen molar-refractivity contribution in [3.05, 3.63) is 29.2 Å². The Morgan fingerprint density at radius 2 is 2.25 bits per heavy atom. The van der Waals surface area contributed by atoms with Crippen LogP contribution in [0, 0.1) is 6.92 Å². The zero-order valence-electron chi connectivity index (χ0n) is 14.0. The number of rotatable bonds is 5. The van der Waals surface area contributed by atoms with Crippen LogP contribution in [0.15, 0.2) is 10.7 Å². The van der Waals surface area contributed by atoms with Crippen LogP contribution in [0.25, 0.3) is 0 Å². The van der Waals surface area contributed by atoms with Crippen LogP contribution in [0.2, 0.25) is 0 Å². The first kappa shape index (κ1) is 15.3. The lowest BCUT2D eigenvalue weighted by molar-refractivity contribution is 0.0937. The summed E-state index contributed by atoms with van der Waals surface area (Å²) in [6.45, 7) is 3.80. The third-order valence-corrected chi connectivity index (χ3v) is 4.69. The Bertz CT molecular complexity index is 748. The minimum absolute atomic E-state index is 0.0691. The zero-order chi connectivity index (χ0) is 16.7. The number of amides is 1. The van der Waals surface area contributed by atoms with Crippen LogP contribution >= 0.6 is 0 Å². The van der Waals surface area contributed by atoms with Crippen LogP contribution in [0.5, 0.6) is 0 Å². The van der Waals surface area contributed by atoms with Crippen molar-refractivity contribution in [2.45, 2.75) is 51.2 Å². The number of hydrogen-bond donors (Lipinski definition) is 1. The van der Waals surface area contributed by atoms with Gasteiger partial charge < -0.3 is 9.84 Å². The van der Waals surface area contributed by atoms with Gasteiger partial charge in [0.25, 0.3) is 11.7 Å². The van der Waals surface area contributed by atoms with Crippen LogP contribution in [0.3, 0.4) is 0 Å². The molecule has 2 aliphatic rings. The van der Waals surface area contributed by atoms with Crippen molar-refractivity contribution in [2.24, 2.45) is 7.05 Å². The van der Waals surface area contributed by atoms with Crippen molar-refractivity contribution in [3.8, 4) is 0 Å². The average molecular weight is 330 g/mol. The molecule has 1 amide bonds. The Hall–Kier alpha value is -2.22. The number of nitrogens with zero attached hydrogens (tertiary/aromatic N) is 5. The minimum atomic E-state index is -0.236. The summed E-state index contributed by atoms with van der Waals surface area (Å²) in [5.41, 5.74) is 2.24. The Labute approximate surface area is 140 Å². The fraction of sp³-hybridized carbons (Fsp3) is 0.625. The second-order valence-corrected chi connectivity index (χ2v) is 6.75. The minimum Gasteiger partial charge on any atom is -0.346 e. The van der Waals surface area contributed by atoms with Crippen LogP contribution in [0.1, 0.15) is 59.5 Å². The van der Waals surface area contributed by atoms with E-state index in [1.54, 1.807) is 0 Å². The number of hydrogen-bond acceptors (Lipinski definition) is 6. The normalized spacial score (nSPS) is 21.3. The van der Waals surface area contributed by atoms with Crippen molar-refractivity contribution < 1.29 is 9.32 Å². The van der Waals surface area contributed by atoms with Gasteiger partial charge in [0.1, 0.15) is 0 Å². The lowest BCUT2D eigenvalue weighted by atomic mass is 10.2. The molecule has 1 N–H and O–H groups in total. The molecule has 2 aromatic heterocycles. The third-order valence-electron chi connectivity index (χ3n) is 4.69. The molecule has 0 radical (unpaired) electrons. The van der Waals surface area contributed by atoms with E-state index in [0.717, 1.165) is 44.5 Å². The van der Waals surface area contributed by atoms with E-state index in [1.165, 1.54) is 5.56 Å². The highest BCUT2D eigenvalue weighted by Gasteiger charge is 2.33. The summed E-state index contributed by atoms with van der Waals surface area (Å²) in [7, 11) is 1.93. The molecule has 1 aliphatic heterocycles. The highest BCUT2D eigenvalue weighted by Crippen LogP contribution is 2.32. The third kappa shape index (κ3) is 3.06. The van der Waals surface area contributed by atoms with Crippen molar-refractivity contribution in [3.63, 3.8) is 0 Å². The summed E-state index contributed by atoms with van der Waals surface area (Å²) in [4.78, 5) is 18.7. The largest absolute Gasteiger partial charge is 0.346 e. The molecule has 2 fully saturated rings. The Morgan fingerprint density at radius 3 is 2.96 bits per heavy atom. The topological polar surface area (TPSA) is 89.1 Å². The first-order chi connectivity index (χ1) is 11.6. The van der Waals surface area contributed by atoms with Gasteiger partial charge in [0.05, 0.1) is 11.7 Å². The van der Waals surface area contributed by atoms with Gasteiger partial charge in [0.2, 0.25) is 5.89 Å². The standard InChI is InChI=1S/C16H22N6O2/c1-10-11(8-21(2)19-10)9-22-7-3-4-13(22)16-18-14(20-24-16)15(23)17-12-5-6-12/h8,12-13H,3-7,9H2,1-2H3,(H,17,23)/t13-/m0/s1. The van der Waals surface area contributed by atoms with Gasteiger partial charge in [-0.2, -0.15) is 10.1 Å². The molecule has 2 aromatic rings. The first-order valence-corrected chi connectivity index (χ1v) is 8.48. The van der Waals surface area contributed by atoms with E-state index in [-0.39, 0.29) is 23.8 Å². The van der Waals surface area contributed by atoms with Gasteiger partial charge in [0, 0.05) is 31.4 Å². The summed E-state index contributed by atoms with van der Waals surface area (Å²) < 4.78 is 7.23. The van der Waals surface area contributed by atoms with Crippen LogP contribution in [-0.4, -0.2) is 43.3 Å². The predicted molar refractivity (Wildman–Crippen MR) is 85.1 cm³/mol. The molecule has 1 saturated heterocycles. The van der Waals surface area contributed by atoms with E-state index in [4.69, 9.17) is 4.52 Å². The molecule has 128 valence electrons. The summed E-state index contributed by atoms with van der Waals surface area (Å²) in [6.07, 6.45) is 6.17. The second kappa shape index (κ2) is 6.01. The molecule has 0 aromatic carbocycles. The van der Waals surface area contributed by atoms with Gasteiger partial charge in [-0.1, -0.05) is 5.16 Å². The number of carbonyl (C=O) groups excluding carboxylic acids is 1. The van der Waals surface area contributed by atoms with E-state index in [9.17, 15) is 4.79 Å². The summed E-state index contributed by atoms with van der Waals surface area (Å²) in [5, 5.41) is 11.1. The van der Waals surface area contributed by atoms with Gasteiger partial charge >= 0.3 is 0 Å². The molecule has 1 aliphatic carbocycles. The Morgan fingerprint density at radius 1 is 1.42 bits per heavy atom. The lowest BCUT2D eigenvalue weighted by Gasteiger charge is -2.20. The molecule has 1 saturated carbocycles. The molecule has 1 atom stereocenters.